The first-order valence-electron chi connectivity index (χ1n) is 7.98. The first-order chi connectivity index (χ1) is 8.49. The summed E-state index contributed by atoms with van der Waals surface area (Å²) in [6, 6.07) is 2.29. The molecule has 0 bridgehead atoms. The molecule has 1 N–H and O–H groups in total. The van der Waals surface area contributed by atoms with Gasteiger partial charge in [0.25, 0.3) is 0 Å². The quantitative estimate of drug-likeness (QED) is 0.809. The zero-order chi connectivity index (χ0) is 13.3. The van der Waals surface area contributed by atoms with Crippen LogP contribution < -0.4 is 5.32 Å². The number of likely N-dealkylation sites (tertiary alicyclic amines) is 1. The maximum Gasteiger partial charge on any atom is 0.0246 e. The van der Waals surface area contributed by atoms with Crippen molar-refractivity contribution in [3.8, 4) is 0 Å². The summed E-state index contributed by atoms with van der Waals surface area (Å²) >= 11 is 0. The van der Waals surface area contributed by atoms with Gasteiger partial charge in [-0.2, -0.15) is 0 Å². The van der Waals surface area contributed by atoms with Crippen molar-refractivity contribution in [2.24, 2.45) is 17.8 Å². The Morgan fingerprint density at radius 1 is 1.17 bits per heavy atom. The van der Waals surface area contributed by atoms with Gasteiger partial charge in [0.1, 0.15) is 0 Å². The highest BCUT2D eigenvalue weighted by molar-refractivity contribution is 4.91. The van der Waals surface area contributed by atoms with Crippen LogP contribution in [0, 0.1) is 17.8 Å². The van der Waals surface area contributed by atoms with Crippen molar-refractivity contribution < 1.29 is 0 Å². The Morgan fingerprint density at radius 3 is 2.39 bits per heavy atom. The van der Waals surface area contributed by atoms with Gasteiger partial charge in [-0.15, -0.1) is 0 Å². The van der Waals surface area contributed by atoms with Gasteiger partial charge in [-0.25, -0.2) is 0 Å². The molecule has 0 radical (unpaired) electrons. The third-order valence-electron chi connectivity index (χ3n) is 5.03. The van der Waals surface area contributed by atoms with Gasteiger partial charge in [0, 0.05) is 31.2 Å². The molecule has 1 saturated heterocycles. The molecule has 2 heteroatoms. The van der Waals surface area contributed by atoms with Crippen LogP contribution >= 0.6 is 0 Å². The molecule has 2 aliphatic rings. The SMILES string of the molecule is CC1CC(C)C(C)N(C(CNC2CC2)C(C)C)C1. The molecular weight excluding hydrogens is 220 g/mol. The fourth-order valence-electron chi connectivity index (χ4n) is 3.51. The number of hydrogen-bond donors (Lipinski definition) is 1. The van der Waals surface area contributed by atoms with Crippen LogP contribution in [0.25, 0.3) is 0 Å². The topological polar surface area (TPSA) is 15.3 Å². The Hall–Kier alpha value is -0.0800. The molecule has 0 spiro atoms. The van der Waals surface area contributed by atoms with Crippen LogP contribution in [-0.4, -0.2) is 36.1 Å². The number of nitrogens with one attached hydrogen (secondary N) is 1. The molecule has 0 amide bonds. The van der Waals surface area contributed by atoms with E-state index in [1.165, 1.54) is 32.4 Å². The van der Waals surface area contributed by atoms with Crippen molar-refractivity contribution in [1.82, 2.24) is 10.2 Å². The molecule has 2 rings (SSSR count). The van der Waals surface area contributed by atoms with Crippen molar-refractivity contribution in [2.45, 2.75) is 72.0 Å². The molecule has 2 fully saturated rings. The van der Waals surface area contributed by atoms with Crippen LogP contribution in [0.2, 0.25) is 0 Å². The number of hydrogen-bond acceptors (Lipinski definition) is 2. The summed E-state index contributed by atoms with van der Waals surface area (Å²) in [5.74, 6) is 2.45. The third kappa shape index (κ3) is 3.48. The standard InChI is InChI=1S/C16H32N2/c1-11(2)16(9-17-15-6-7-15)18-10-12(3)8-13(4)14(18)5/h11-17H,6-10H2,1-5H3. The van der Waals surface area contributed by atoms with Crippen LogP contribution in [0.1, 0.15) is 53.9 Å². The lowest BCUT2D eigenvalue weighted by molar-refractivity contribution is 0.0224. The van der Waals surface area contributed by atoms with E-state index in [2.05, 4.69) is 44.8 Å². The molecule has 1 aliphatic heterocycles. The van der Waals surface area contributed by atoms with E-state index >= 15 is 0 Å². The maximum atomic E-state index is 3.74. The monoisotopic (exact) mass is 252 g/mol. The Labute approximate surface area is 114 Å². The highest BCUT2D eigenvalue weighted by Crippen LogP contribution is 2.30. The second kappa shape index (κ2) is 5.92. The lowest BCUT2D eigenvalue weighted by atomic mass is 9.83. The zero-order valence-corrected chi connectivity index (χ0v) is 12.9. The van der Waals surface area contributed by atoms with Gasteiger partial charge in [0.15, 0.2) is 0 Å². The molecule has 1 aliphatic carbocycles. The summed E-state index contributed by atoms with van der Waals surface area (Å²) < 4.78 is 0. The summed E-state index contributed by atoms with van der Waals surface area (Å²) in [6.07, 6.45) is 4.19. The molecule has 1 saturated carbocycles. The van der Waals surface area contributed by atoms with E-state index in [9.17, 15) is 0 Å². The van der Waals surface area contributed by atoms with E-state index in [-0.39, 0.29) is 0 Å². The van der Waals surface area contributed by atoms with Crippen molar-refractivity contribution in [3.63, 3.8) is 0 Å². The second-order valence-corrected chi connectivity index (χ2v) is 7.25. The first-order valence-corrected chi connectivity index (χ1v) is 7.98. The van der Waals surface area contributed by atoms with Gasteiger partial charge < -0.3 is 5.32 Å². The average Bonchev–Trinajstić information content (AvgIpc) is 3.08. The zero-order valence-electron chi connectivity index (χ0n) is 12.9. The van der Waals surface area contributed by atoms with Crippen molar-refractivity contribution >= 4 is 0 Å². The molecular formula is C16H32N2. The summed E-state index contributed by atoms with van der Waals surface area (Å²) in [5, 5.41) is 3.74. The lowest BCUT2D eigenvalue weighted by Crippen LogP contribution is -2.55. The van der Waals surface area contributed by atoms with Gasteiger partial charge in [-0.05, 0) is 43.9 Å². The van der Waals surface area contributed by atoms with E-state index in [0.29, 0.717) is 6.04 Å². The lowest BCUT2D eigenvalue weighted by Gasteiger charge is -2.47. The van der Waals surface area contributed by atoms with E-state index in [1.54, 1.807) is 0 Å². The molecule has 0 aromatic heterocycles. The van der Waals surface area contributed by atoms with Crippen LogP contribution in [0.15, 0.2) is 0 Å². The fraction of sp³-hybridized carbons (Fsp3) is 1.00. The van der Waals surface area contributed by atoms with Gasteiger partial charge in [-0.3, -0.25) is 4.90 Å². The molecule has 0 aromatic rings. The summed E-state index contributed by atoms with van der Waals surface area (Å²) in [4.78, 5) is 2.79. The van der Waals surface area contributed by atoms with E-state index in [0.717, 1.165) is 29.8 Å². The molecule has 4 unspecified atom stereocenters. The van der Waals surface area contributed by atoms with E-state index in [4.69, 9.17) is 0 Å². The van der Waals surface area contributed by atoms with Crippen LogP contribution in [0.3, 0.4) is 0 Å². The van der Waals surface area contributed by atoms with Crippen LogP contribution in [0.4, 0.5) is 0 Å². The second-order valence-electron chi connectivity index (χ2n) is 7.25. The van der Waals surface area contributed by atoms with Gasteiger partial charge in [0.2, 0.25) is 0 Å². The number of piperidine rings is 1. The van der Waals surface area contributed by atoms with Crippen molar-refractivity contribution in [2.75, 3.05) is 13.1 Å². The Morgan fingerprint density at radius 2 is 1.83 bits per heavy atom. The first kappa shape index (κ1) is 14.3. The minimum atomic E-state index is 0.714. The number of nitrogens with zero attached hydrogens (tertiary/aromatic N) is 1. The minimum absolute atomic E-state index is 0.714. The summed E-state index contributed by atoms with van der Waals surface area (Å²) in [7, 11) is 0. The summed E-state index contributed by atoms with van der Waals surface area (Å²) in [6.45, 7) is 14.5. The Bertz CT molecular complexity index is 260. The van der Waals surface area contributed by atoms with Gasteiger partial charge in [-0.1, -0.05) is 27.7 Å². The highest BCUT2D eigenvalue weighted by atomic mass is 15.2. The highest BCUT2D eigenvalue weighted by Gasteiger charge is 2.35. The largest absolute Gasteiger partial charge is 0.312 e. The summed E-state index contributed by atoms with van der Waals surface area (Å²) in [5.41, 5.74) is 0. The normalized spacial score (nSPS) is 36.0. The molecule has 0 aromatic carbocycles. The predicted octanol–water partition coefficient (Wildman–Crippen LogP) is 3.13. The van der Waals surface area contributed by atoms with Gasteiger partial charge in [0.05, 0.1) is 0 Å². The number of rotatable bonds is 5. The maximum absolute atomic E-state index is 3.74. The predicted molar refractivity (Wildman–Crippen MR) is 78.8 cm³/mol. The minimum Gasteiger partial charge on any atom is -0.312 e. The molecule has 4 atom stereocenters. The van der Waals surface area contributed by atoms with Crippen LogP contribution in [0.5, 0.6) is 0 Å². The van der Waals surface area contributed by atoms with Crippen LogP contribution in [-0.2, 0) is 0 Å². The third-order valence-corrected chi connectivity index (χ3v) is 5.03. The molecule has 1 heterocycles. The smallest absolute Gasteiger partial charge is 0.0246 e. The molecule has 106 valence electrons. The molecule has 18 heavy (non-hydrogen) atoms. The van der Waals surface area contributed by atoms with E-state index < -0.39 is 0 Å². The van der Waals surface area contributed by atoms with E-state index in [1.807, 2.05) is 0 Å². The van der Waals surface area contributed by atoms with Gasteiger partial charge >= 0.3 is 0 Å². The Balaban J connectivity index is 1.97. The van der Waals surface area contributed by atoms with Crippen molar-refractivity contribution in [3.05, 3.63) is 0 Å². The average molecular weight is 252 g/mol. The Kier molecular flexibility index (Phi) is 4.71. The molecule has 2 nitrogen and oxygen atoms in total. The van der Waals surface area contributed by atoms with Crippen molar-refractivity contribution in [1.29, 1.82) is 0 Å². The fourth-order valence-corrected chi connectivity index (χ4v) is 3.51.